The van der Waals surface area contributed by atoms with E-state index in [0.29, 0.717) is 19.4 Å². The summed E-state index contributed by atoms with van der Waals surface area (Å²) >= 11 is 0. The van der Waals surface area contributed by atoms with Crippen LogP contribution in [-0.2, 0) is 11.2 Å². The number of hydrogen-bond acceptors (Lipinski definition) is 2. The highest BCUT2D eigenvalue weighted by molar-refractivity contribution is 5.85. The van der Waals surface area contributed by atoms with Crippen molar-refractivity contribution in [2.45, 2.75) is 45.2 Å². The molecule has 1 N–H and O–H groups in total. The monoisotopic (exact) mass is 455 g/mol. The predicted molar refractivity (Wildman–Crippen MR) is 123 cm³/mol. The van der Waals surface area contributed by atoms with Crippen LogP contribution in [-0.4, -0.2) is 34.7 Å². The second kappa shape index (κ2) is 8.82. The number of halogens is 3. The van der Waals surface area contributed by atoms with Crippen molar-refractivity contribution >= 4 is 17.6 Å². The Morgan fingerprint density at radius 1 is 1.24 bits per heavy atom. The van der Waals surface area contributed by atoms with Gasteiger partial charge in [-0.05, 0) is 78.7 Å². The normalized spacial score (nSPS) is 20.7. The number of carboxylic acids is 1. The minimum Gasteiger partial charge on any atom is -0.478 e. The van der Waals surface area contributed by atoms with Crippen LogP contribution in [0.15, 0.2) is 48.0 Å². The molecule has 4 rings (SSSR count). The second-order valence-electron chi connectivity index (χ2n) is 9.71. The maximum Gasteiger partial charge on any atom is 0.328 e. The first kappa shape index (κ1) is 23.3. The third-order valence-corrected chi connectivity index (χ3v) is 6.70. The number of benzene rings is 2. The van der Waals surface area contributed by atoms with Gasteiger partial charge in [0.2, 0.25) is 0 Å². The van der Waals surface area contributed by atoms with E-state index in [4.69, 9.17) is 5.11 Å². The van der Waals surface area contributed by atoms with E-state index >= 15 is 8.78 Å². The minimum absolute atomic E-state index is 0.0679. The number of fused-ring (bicyclic) bond motifs is 2. The van der Waals surface area contributed by atoms with Gasteiger partial charge in [-0.3, -0.25) is 9.29 Å². The van der Waals surface area contributed by atoms with Crippen molar-refractivity contribution in [3.8, 4) is 0 Å². The van der Waals surface area contributed by atoms with Gasteiger partial charge in [0.25, 0.3) is 0 Å². The molecule has 1 heterocycles. The summed E-state index contributed by atoms with van der Waals surface area (Å²) in [4.78, 5) is 12.9. The fraction of sp³-hybridized carbons (Fsp3) is 0.370. The van der Waals surface area contributed by atoms with Crippen LogP contribution in [0.3, 0.4) is 0 Å². The van der Waals surface area contributed by atoms with Crippen LogP contribution in [0, 0.1) is 17.6 Å². The smallest absolute Gasteiger partial charge is 0.328 e. The maximum absolute atomic E-state index is 15.5. The highest BCUT2D eigenvalue weighted by atomic mass is 19.1. The zero-order valence-electron chi connectivity index (χ0n) is 19.0. The average molecular weight is 456 g/mol. The molecule has 0 fully saturated rings. The summed E-state index contributed by atoms with van der Waals surface area (Å²) in [5.41, 5.74) is 3.92. The van der Waals surface area contributed by atoms with E-state index in [2.05, 4.69) is 6.07 Å². The number of carbonyl (C=O) groups is 1. The highest BCUT2D eigenvalue weighted by Gasteiger charge is 2.46. The Labute approximate surface area is 192 Å². The molecular weight excluding hydrogens is 427 g/mol. The van der Waals surface area contributed by atoms with Gasteiger partial charge < -0.3 is 5.11 Å². The van der Waals surface area contributed by atoms with Crippen molar-refractivity contribution in [3.05, 3.63) is 81.9 Å². The van der Waals surface area contributed by atoms with Crippen molar-refractivity contribution in [2.24, 2.45) is 5.92 Å². The highest BCUT2D eigenvalue weighted by Crippen LogP contribution is 2.52. The average Bonchev–Trinajstić information content (AvgIpc) is 3.11. The van der Waals surface area contributed by atoms with E-state index in [1.807, 2.05) is 36.9 Å². The van der Waals surface area contributed by atoms with Crippen LogP contribution < -0.4 is 0 Å². The Bertz CT molecular complexity index is 1130. The van der Waals surface area contributed by atoms with Gasteiger partial charge in [-0.2, -0.15) is 0 Å². The zero-order chi connectivity index (χ0) is 23.9. The second-order valence-corrected chi connectivity index (χ2v) is 9.71. The quantitative estimate of drug-likeness (QED) is 0.527. The van der Waals surface area contributed by atoms with E-state index in [-0.39, 0.29) is 17.0 Å². The molecular formula is C27H28F3NO2. The summed E-state index contributed by atoms with van der Waals surface area (Å²) in [6.45, 7) is 5.72. The van der Waals surface area contributed by atoms with E-state index < -0.39 is 35.9 Å². The zero-order valence-corrected chi connectivity index (χ0v) is 19.0. The first-order valence-electron chi connectivity index (χ1n) is 11.1. The molecule has 2 atom stereocenters. The molecule has 0 saturated carbocycles. The molecule has 2 aromatic rings. The molecule has 1 aliphatic carbocycles. The summed E-state index contributed by atoms with van der Waals surface area (Å²) in [6, 6.07) is 9.68. The third kappa shape index (κ3) is 4.36. The van der Waals surface area contributed by atoms with E-state index in [1.54, 1.807) is 6.92 Å². The topological polar surface area (TPSA) is 40.5 Å². The molecule has 2 aromatic carbocycles. The van der Waals surface area contributed by atoms with Gasteiger partial charge in [0.05, 0.1) is 12.7 Å². The van der Waals surface area contributed by atoms with Crippen molar-refractivity contribution in [1.82, 2.24) is 4.90 Å². The molecule has 0 amide bonds. The fourth-order valence-corrected chi connectivity index (χ4v) is 5.19. The number of hydrogen-bond donors (Lipinski definition) is 1. The van der Waals surface area contributed by atoms with Crippen molar-refractivity contribution < 1.29 is 23.1 Å². The summed E-state index contributed by atoms with van der Waals surface area (Å²) in [7, 11) is 0. The van der Waals surface area contributed by atoms with Crippen LogP contribution in [0.2, 0.25) is 0 Å². The van der Waals surface area contributed by atoms with E-state index in [1.165, 1.54) is 18.2 Å². The molecule has 6 heteroatoms. The van der Waals surface area contributed by atoms with Gasteiger partial charge >= 0.3 is 5.97 Å². The predicted octanol–water partition coefficient (Wildman–Crippen LogP) is 6.20. The molecule has 0 aromatic heterocycles. The molecule has 3 nitrogen and oxygen atoms in total. The number of carboxylic acid groups (broad SMARTS) is 1. The molecule has 0 radical (unpaired) electrons. The maximum atomic E-state index is 15.5. The Balaban J connectivity index is 1.88. The SMILES string of the molecule is C[C@H](CF)CN1[C@H](c2c(F)cc(/C=C/C(=O)O)cc2F)C2=C(CC1(C)C)c1ccccc1C2. The van der Waals surface area contributed by atoms with Crippen molar-refractivity contribution in [1.29, 1.82) is 0 Å². The molecule has 0 spiro atoms. The molecule has 0 saturated heterocycles. The van der Waals surface area contributed by atoms with Crippen molar-refractivity contribution in [2.75, 3.05) is 13.2 Å². The lowest BCUT2D eigenvalue weighted by Gasteiger charge is -2.49. The molecule has 0 unspecified atom stereocenters. The van der Waals surface area contributed by atoms with E-state index in [9.17, 15) is 9.18 Å². The van der Waals surface area contributed by atoms with Crippen LogP contribution in [0.25, 0.3) is 11.6 Å². The summed E-state index contributed by atoms with van der Waals surface area (Å²) in [5.74, 6) is -2.95. The molecule has 0 bridgehead atoms. The number of nitrogens with zero attached hydrogens (tertiary/aromatic N) is 1. The van der Waals surface area contributed by atoms with E-state index in [0.717, 1.165) is 28.3 Å². The standard InChI is InChI=1S/C27H28F3NO2/c1-16(14-28)15-31-26(25-22(29)10-17(11-23(25)30)8-9-24(32)33)20-12-18-6-4-5-7-19(18)21(20)13-27(31,2)3/h4-11,16,26H,12-15H2,1-3H3,(H,32,33)/b9-8+/t16-,26+/m1/s1. The summed E-state index contributed by atoms with van der Waals surface area (Å²) in [5, 5.41) is 8.84. The molecule has 2 aliphatic rings. The lowest BCUT2D eigenvalue weighted by molar-refractivity contribution is -0.131. The number of alkyl halides is 1. The molecule has 1 aliphatic heterocycles. The Hall–Kier alpha value is -2.86. The number of aliphatic carboxylic acids is 1. The lowest BCUT2D eigenvalue weighted by Crippen LogP contribution is -2.51. The molecule has 174 valence electrons. The first-order chi connectivity index (χ1) is 15.6. The lowest BCUT2D eigenvalue weighted by atomic mass is 9.78. The van der Waals surface area contributed by atoms with Gasteiger partial charge in [0.15, 0.2) is 0 Å². The van der Waals surface area contributed by atoms with Crippen LogP contribution in [0.1, 0.15) is 55.5 Å². The third-order valence-electron chi connectivity index (χ3n) is 6.70. The van der Waals surface area contributed by atoms with Gasteiger partial charge in [0.1, 0.15) is 11.6 Å². The Morgan fingerprint density at radius 2 is 1.91 bits per heavy atom. The van der Waals surface area contributed by atoms with Gasteiger partial charge in [-0.1, -0.05) is 31.2 Å². The Kier molecular flexibility index (Phi) is 6.23. The fourth-order valence-electron chi connectivity index (χ4n) is 5.19. The summed E-state index contributed by atoms with van der Waals surface area (Å²) < 4.78 is 44.5. The van der Waals surface area contributed by atoms with Crippen LogP contribution >= 0.6 is 0 Å². The van der Waals surface area contributed by atoms with Gasteiger partial charge in [-0.25, -0.2) is 13.6 Å². The van der Waals surface area contributed by atoms with Crippen LogP contribution in [0.5, 0.6) is 0 Å². The van der Waals surface area contributed by atoms with Crippen molar-refractivity contribution in [3.63, 3.8) is 0 Å². The van der Waals surface area contributed by atoms with Gasteiger partial charge in [-0.15, -0.1) is 0 Å². The first-order valence-corrected chi connectivity index (χ1v) is 11.1. The Morgan fingerprint density at radius 3 is 2.55 bits per heavy atom. The summed E-state index contributed by atoms with van der Waals surface area (Å²) in [6.07, 6.45) is 3.31. The molecule has 33 heavy (non-hydrogen) atoms. The van der Waals surface area contributed by atoms with Crippen LogP contribution in [0.4, 0.5) is 13.2 Å². The minimum atomic E-state index is -1.20. The van der Waals surface area contributed by atoms with Gasteiger partial charge in [0, 0.05) is 23.7 Å². The number of rotatable bonds is 6. The largest absolute Gasteiger partial charge is 0.478 e.